The number of halogens is 2. The highest BCUT2D eigenvalue weighted by molar-refractivity contribution is 6.35. The van der Waals surface area contributed by atoms with Crippen molar-refractivity contribution in [3.63, 3.8) is 0 Å². The number of imide groups is 1. The smallest absolute Gasteiger partial charge is 0.282 e. The summed E-state index contributed by atoms with van der Waals surface area (Å²) in [7, 11) is 0. The number of nitro benzene ring substituents is 1. The number of hydrogen-bond donors (Lipinski definition) is 1. The molecule has 1 heterocycles. The first kappa shape index (κ1) is 18.8. The topological polar surface area (TPSA) is 110 Å². The molecule has 1 aliphatic rings. The van der Waals surface area contributed by atoms with Gasteiger partial charge in [0.2, 0.25) is 5.91 Å². The van der Waals surface area contributed by atoms with Gasteiger partial charge >= 0.3 is 0 Å². The van der Waals surface area contributed by atoms with E-state index < -0.39 is 34.9 Å². The van der Waals surface area contributed by atoms with Gasteiger partial charge < -0.3 is 5.32 Å². The second kappa shape index (κ2) is 7.34. The molecule has 2 aromatic carbocycles. The van der Waals surface area contributed by atoms with Crippen molar-refractivity contribution in [1.82, 2.24) is 10.2 Å². The predicted octanol–water partition coefficient (Wildman–Crippen LogP) is 2.81. The SMILES string of the molecule is O=C(CN1C(=O)c2cccc([N+](=O)[O-])c2C1=O)NCc1ccc(Cl)cc1Cl. The van der Waals surface area contributed by atoms with Crippen molar-refractivity contribution in [1.29, 1.82) is 0 Å². The van der Waals surface area contributed by atoms with E-state index in [9.17, 15) is 24.5 Å². The highest BCUT2D eigenvalue weighted by Gasteiger charge is 2.41. The molecular formula is C17H11Cl2N3O5. The third kappa shape index (κ3) is 3.62. The molecule has 3 rings (SSSR count). The summed E-state index contributed by atoms with van der Waals surface area (Å²) in [5.74, 6) is -2.24. The fourth-order valence-electron chi connectivity index (χ4n) is 2.67. The fraction of sp³-hybridized carbons (Fsp3) is 0.118. The van der Waals surface area contributed by atoms with Crippen molar-refractivity contribution in [3.8, 4) is 0 Å². The summed E-state index contributed by atoms with van der Waals surface area (Å²) in [4.78, 5) is 47.9. The minimum Gasteiger partial charge on any atom is -0.350 e. The molecule has 0 spiro atoms. The van der Waals surface area contributed by atoms with E-state index >= 15 is 0 Å². The molecule has 27 heavy (non-hydrogen) atoms. The minimum atomic E-state index is -0.873. The van der Waals surface area contributed by atoms with Crippen LogP contribution in [-0.4, -0.2) is 34.1 Å². The highest BCUT2D eigenvalue weighted by atomic mass is 35.5. The van der Waals surface area contributed by atoms with Gasteiger partial charge in [0.25, 0.3) is 17.5 Å². The van der Waals surface area contributed by atoms with E-state index in [1.54, 1.807) is 12.1 Å². The van der Waals surface area contributed by atoms with Crippen LogP contribution in [0.5, 0.6) is 0 Å². The van der Waals surface area contributed by atoms with Crippen LogP contribution in [0.2, 0.25) is 10.0 Å². The number of benzene rings is 2. The van der Waals surface area contributed by atoms with Gasteiger partial charge in [-0.05, 0) is 23.8 Å². The van der Waals surface area contributed by atoms with E-state index in [1.165, 1.54) is 18.2 Å². The number of fused-ring (bicyclic) bond motifs is 1. The molecule has 0 aromatic heterocycles. The Morgan fingerprint density at radius 3 is 2.56 bits per heavy atom. The lowest BCUT2D eigenvalue weighted by Crippen LogP contribution is -2.40. The molecule has 138 valence electrons. The van der Waals surface area contributed by atoms with Gasteiger partial charge in [0, 0.05) is 22.7 Å². The van der Waals surface area contributed by atoms with Crippen LogP contribution < -0.4 is 5.32 Å². The summed E-state index contributed by atoms with van der Waals surface area (Å²) in [6.45, 7) is -0.493. The normalized spacial score (nSPS) is 12.9. The number of nitro groups is 1. The molecule has 0 fully saturated rings. The van der Waals surface area contributed by atoms with Gasteiger partial charge in [0.05, 0.1) is 10.5 Å². The van der Waals surface area contributed by atoms with Crippen molar-refractivity contribution >= 4 is 46.6 Å². The highest BCUT2D eigenvalue weighted by Crippen LogP contribution is 2.30. The van der Waals surface area contributed by atoms with E-state index in [0.717, 1.165) is 6.07 Å². The lowest BCUT2D eigenvalue weighted by Gasteiger charge is -2.14. The Labute approximate surface area is 162 Å². The van der Waals surface area contributed by atoms with Crippen LogP contribution in [-0.2, 0) is 11.3 Å². The number of rotatable bonds is 5. The quantitative estimate of drug-likeness (QED) is 0.465. The van der Waals surface area contributed by atoms with Gasteiger partial charge in [-0.3, -0.25) is 29.4 Å². The Kier molecular flexibility index (Phi) is 5.11. The third-order valence-corrected chi connectivity index (χ3v) is 4.55. The van der Waals surface area contributed by atoms with Crippen LogP contribution in [0, 0.1) is 10.1 Å². The molecule has 0 radical (unpaired) electrons. The van der Waals surface area contributed by atoms with Gasteiger partial charge in [-0.25, -0.2) is 0 Å². The van der Waals surface area contributed by atoms with Crippen molar-refractivity contribution in [2.75, 3.05) is 6.54 Å². The summed E-state index contributed by atoms with van der Waals surface area (Å²) in [6, 6.07) is 8.53. The van der Waals surface area contributed by atoms with Crippen LogP contribution in [0.3, 0.4) is 0 Å². The van der Waals surface area contributed by atoms with E-state index in [1.807, 2.05) is 0 Å². The van der Waals surface area contributed by atoms with E-state index in [4.69, 9.17) is 23.2 Å². The molecule has 0 saturated carbocycles. The second-order valence-electron chi connectivity index (χ2n) is 5.67. The molecule has 0 bridgehead atoms. The molecule has 1 N–H and O–H groups in total. The van der Waals surface area contributed by atoms with Crippen LogP contribution in [0.1, 0.15) is 26.3 Å². The Balaban J connectivity index is 1.72. The summed E-state index contributed by atoms with van der Waals surface area (Å²) in [5, 5.41) is 14.4. The van der Waals surface area contributed by atoms with Crippen LogP contribution in [0.15, 0.2) is 36.4 Å². The van der Waals surface area contributed by atoms with Crippen molar-refractivity contribution < 1.29 is 19.3 Å². The summed E-state index contributed by atoms with van der Waals surface area (Å²) in [6.07, 6.45) is 0. The van der Waals surface area contributed by atoms with Gasteiger partial charge in [0.1, 0.15) is 12.1 Å². The molecule has 0 atom stereocenters. The average Bonchev–Trinajstić information content (AvgIpc) is 2.86. The summed E-state index contributed by atoms with van der Waals surface area (Å²) >= 11 is 11.8. The number of hydrogen-bond acceptors (Lipinski definition) is 5. The lowest BCUT2D eigenvalue weighted by molar-refractivity contribution is -0.385. The second-order valence-corrected chi connectivity index (χ2v) is 6.51. The number of nitrogens with one attached hydrogen (secondary N) is 1. The van der Waals surface area contributed by atoms with E-state index in [2.05, 4.69) is 5.32 Å². The Bertz CT molecular complexity index is 993. The number of carbonyl (C=O) groups excluding carboxylic acids is 3. The van der Waals surface area contributed by atoms with E-state index in [-0.39, 0.29) is 17.7 Å². The van der Waals surface area contributed by atoms with Crippen molar-refractivity contribution in [2.24, 2.45) is 0 Å². The van der Waals surface area contributed by atoms with Gasteiger partial charge in [-0.15, -0.1) is 0 Å². The molecule has 0 aliphatic carbocycles. The van der Waals surface area contributed by atoms with Crippen molar-refractivity contribution in [3.05, 3.63) is 73.2 Å². The lowest BCUT2D eigenvalue weighted by atomic mass is 10.1. The number of carbonyl (C=O) groups is 3. The van der Waals surface area contributed by atoms with Gasteiger partial charge in [-0.2, -0.15) is 0 Å². The predicted molar refractivity (Wildman–Crippen MR) is 96.8 cm³/mol. The first-order valence-electron chi connectivity index (χ1n) is 7.64. The number of nitrogens with zero attached hydrogens (tertiary/aromatic N) is 2. The van der Waals surface area contributed by atoms with Gasteiger partial charge in [0.15, 0.2) is 0 Å². The zero-order chi connectivity index (χ0) is 19.7. The first-order chi connectivity index (χ1) is 12.8. The monoisotopic (exact) mass is 407 g/mol. The molecule has 1 aliphatic heterocycles. The minimum absolute atomic E-state index is 0.0676. The molecule has 3 amide bonds. The Morgan fingerprint density at radius 2 is 1.89 bits per heavy atom. The Hall–Kier alpha value is -2.97. The standard InChI is InChI=1S/C17H11Cl2N3O5/c18-10-5-4-9(12(19)6-10)7-20-14(23)8-21-16(24)11-2-1-3-13(22(26)27)15(11)17(21)25/h1-6H,7-8H2,(H,20,23). The van der Waals surface area contributed by atoms with Crippen LogP contribution in [0.25, 0.3) is 0 Å². The molecule has 10 heteroatoms. The van der Waals surface area contributed by atoms with Crippen molar-refractivity contribution in [2.45, 2.75) is 6.54 Å². The zero-order valence-electron chi connectivity index (χ0n) is 13.6. The maximum Gasteiger partial charge on any atom is 0.282 e. The van der Waals surface area contributed by atoms with Crippen LogP contribution in [0.4, 0.5) is 5.69 Å². The van der Waals surface area contributed by atoms with E-state index in [0.29, 0.717) is 20.5 Å². The maximum atomic E-state index is 12.4. The molecule has 2 aromatic rings. The fourth-order valence-corrected chi connectivity index (χ4v) is 3.15. The zero-order valence-corrected chi connectivity index (χ0v) is 15.1. The first-order valence-corrected chi connectivity index (χ1v) is 8.39. The molecular weight excluding hydrogens is 397 g/mol. The summed E-state index contributed by atoms with van der Waals surface area (Å²) < 4.78 is 0. The molecule has 0 saturated heterocycles. The van der Waals surface area contributed by atoms with Crippen LogP contribution >= 0.6 is 23.2 Å². The largest absolute Gasteiger partial charge is 0.350 e. The molecule has 8 nitrogen and oxygen atoms in total. The molecule has 0 unspecified atom stereocenters. The maximum absolute atomic E-state index is 12.4. The third-order valence-electron chi connectivity index (χ3n) is 3.97. The summed E-state index contributed by atoms with van der Waals surface area (Å²) in [5.41, 5.74) is -0.266. The average molecular weight is 408 g/mol. The Morgan fingerprint density at radius 1 is 1.15 bits per heavy atom. The van der Waals surface area contributed by atoms with Gasteiger partial charge in [-0.1, -0.05) is 35.3 Å². The number of amides is 3.